The van der Waals surface area contributed by atoms with Crippen LogP contribution in [0.5, 0.6) is 0 Å². The highest BCUT2D eigenvalue weighted by Gasteiger charge is 2.26. The topological polar surface area (TPSA) is 114 Å². The highest BCUT2D eigenvalue weighted by molar-refractivity contribution is 7.90. The quantitative estimate of drug-likeness (QED) is 0.674. The van der Waals surface area contributed by atoms with Gasteiger partial charge in [-0.3, -0.25) is 4.79 Å². The van der Waals surface area contributed by atoms with E-state index in [0.29, 0.717) is 17.1 Å². The molecule has 1 amide bonds. The lowest BCUT2D eigenvalue weighted by molar-refractivity contribution is -0.137. The number of nitrogens with one attached hydrogen (secondary N) is 2. The van der Waals surface area contributed by atoms with Crippen molar-refractivity contribution in [2.24, 2.45) is 4.99 Å². The van der Waals surface area contributed by atoms with Gasteiger partial charge in [-0.15, -0.1) is 0 Å². The van der Waals surface area contributed by atoms with Crippen molar-refractivity contribution in [3.8, 4) is 0 Å². The highest BCUT2D eigenvalue weighted by Crippen LogP contribution is 2.30. The molecule has 1 heterocycles. The Hall–Kier alpha value is -3.17. The van der Waals surface area contributed by atoms with Gasteiger partial charge in [0.05, 0.1) is 27.9 Å². The Morgan fingerprint density at radius 3 is 2.58 bits per heavy atom. The number of benzene rings is 2. The summed E-state index contributed by atoms with van der Waals surface area (Å²) in [5.41, 5.74) is 1.69. The lowest BCUT2D eigenvalue weighted by Gasteiger charge is -2.14. The van der Waals surface area contributed by atoms with Crippen LogP contribution in [0.25, 0.3) is 0 Å². The Labute approximate surface area is 184 Å². The number of esters is 1. The molecular formula is C21H20ClN3O5S. The van der Waals surface area contributed by atoms with Crippen molar-refractivity contribution < 1.29 is 22.7 Å². The van der Waals surface area contributed by atoms with Crippen LogP contribution in [0.3, 0.4) is 0 Å². The number of hydrogen-bond acceptors (Lipinski definition) is 7. The first-order valence-electron chi connectivity index (χ1n) is 9.26. The molecule has 0 fully saturated rings. The minimum Gasteiger partial charge on any atom is -0.462 e. The molecule has 0 aromatic heterocycles. The lowest BCUT2D eigenvalue weighted by Crippen LogP contribution is -2.35. The third kappa shape index (κ3) is 4.95. The average Bonchev–Trinajstić information content (AvgIpc) is 2.82. The monoisotopic (exact) mass is 461 g/mol. The normalized spacial score (nSPS) is 13.5. The number of amidine groups is 1. The molecule has 0 saturated carbocycles. The molecule has 0 saturated heterocycles. The van der Waals surface area contributed by atoms with Crippen molar-refractivity contribution >= 4 is 50.5 Å². The number of carbonyl (C=O) groups excluding carboxylic acids is 2. The Balaban J connectivity index is 2.06. The van der Waals surface area contributed by atoms with Gasteiger partial charge in [0.15, 0.2) is 9.84 Å². The number of ether oxygens (including phenoxy) is 1. The third-order valence-electron chi connectivity index (χ3n) is 4.37. The van der Waals surface area contributed by atoms with Crippen LogP contribution in [0.4, 0.5) is 11.4 Å². The zero-order valence-corrected chi connectivity index (χ0v) is 18.6. The van der Waals surface area contributed by atoms with E-state index in [1.165, 1.54) is 18.2 Å². The standard InChI is InChI=1S/C21H20ClN3O5S/c1-4-30-21(27)18-12(2)23-15-7-5-6-8-16(15)24-19(18)25-20(26)13-9-10-14(22)17(11-13)31(3,28)29/h5-11,23H,4H2,1-3H3,(H,24,25,26). The number of hydrogen-bond donors (Lipinski definition) is 2. The minimum atomic E-state index is -3.64. The number of para-hydroxylation sites is 2. The average molecular weight is 462 g/mol. The van der Waals surface area contributed by atoms with Crippen LogP contribution in [0.2, 0.25) is 5.02 Å². The number of fused-ring (bicyclic) bond motifs is 1. The maximum absolute atomic E-state index is 12.9. The van der Waals surface area contributed by atoms with E-state index < -0.39 is 21.7 Å². The number of nitrogens with zero attached hydrogens (tertiary/aromatic N) is 1. The fraction of sp³-hybridized carbons (Fsp3) is 0.190. The second-order valence-electron chi connectivity index (χ2n) is 6.69. The van der Waals surface area contributed by atoms with E-state index in [-0.39, 0.29) is 33.5 Å². The molecule has 0 unspecified atom stereocenters. The summed E-state index contributed by atoms with van der Waals surface area (Å²) in [6.07, 6.45) is 0.999. The van der Waals surface area contributed by atoms with E-state index in [4.69, 9.17) is 16.3 Å². The van der Waals surface area contributed by atoms with E-state index in [0.717, 1.165) is 6.26 Å². The first-order valence-corrected chi connectivity index (χ1v) is 11.5. The van der Waals surface area contributed by atoms with Gasteiger partial charge in [0, 0.05) is 17.5 Å². The van der Waals surface area contributed by atoms with Gasteiger partial charge in [-0.25, -0.2) is 18.2 Å². The Bertz CT molecular complexity index is 1240. The summed E-state index contributed by atoms with van der Waals surface area (Å²) < 4.78 is 29.0. The first-order chi connectivity index (χ1) is 14.6. The van der Waals surface area contributed by atoms with E-state index in [2.05, 4.69) is 15.6 Å². The molecule has 2 aromatic carbocycles. The van der Waals surface area contributed by atoms with E-state index in [9.17, 15) is 18.0 Å². The van der Waals surface area contributed by atoms with Gasteiger partial charge >= 0.3 is 5.97 Å². The van der Waals surface area contributed by atoms with Gasteiger partial charge in [0.2, 0.25) is 0 Å². The number of amides is 1. The summed E-state index contributed by atoms with van der Waals surface area (Å²) in [6.45, 7) is 3.47. The molecule has 0 spiro atoms. The van der Waals surface area contributed by atoms with Gasteiger partial charge in [0.1, 0.15) is 11.4 Å². The van der Waals surface area contributed by atoms with Gasteiger partial charge < -0.3 is 15.4 Å². The summed E-state index contributed by atoms with van der Waals surface area (Å²) in [6, 6.07) is 11.0. The van der Waals surface area contributed by atoms with Crippen molar-refractivity contribution in [1.29, 1.82) is 0 Å². The number of aliphatic imine (C=N–C) groups is 1. The molecule has 0 aliphatic carbocycles. The third-order valence-corrected chi connectivity index (χ3v) is 5.95. The van der Waals surface area contributed by atoms with Gasteiger partial charge in [-0.2, -0.15) is 0 Å². The molecule has 2 N–H and O–H groups in total. The number of sulfone groups is 1. The molecule has 0 bridgehead atoms. The maximum Gasteiger partial charge on any atom is 0.343 e. The van der Waals surface area contributed by atoms with Gasteiger partial charge in [-0.05, 0) is 44.2 Å². The largest absolute Gasteiger partial charge is 0.462 e. The number of anilines is 1. The number of rotatable bonds is 4. The smallest absolute Gasteiger partial charge is 0.343 e. The summed E-state index contributed by atoms with van der Waals surface area (Å²) in [5, 5.41) is 5.72. The number of allylic oxidation sites excluding steroid dienone is 1. The molecular weight excluding hydrogens is 442 g/mol. The van der Waals surface area contributed by atoms with Crippen LogP contribution in [0.15, 0.2) is 63.6 Å². The summed E-state index contributed by atoms with van der Waals surface area (Å²) in [5.74, 6) is -1.34. The fourth-order valence-electron chi connectivity index (χ4n) is 2.95. The molecule has 2 aromatic rings. The van der Waals surface area contributed by atoms with Crippen LogP contribution in [0, 0.1) is 0 Å². The summed E-state index contributed by atoms with van der Waals surface area (Å²) >= 11 is 5.96. The first kappa shape index (κ1) is 22.5. The van der Waals surface area contributed by atoms with Crippen molar-refractivity contribution in [2.45, 2.75) is 18.7 Å². The number of halogens is 1. The van der Waals surface area contributed by atoms with Crippen molar-refractivity contribution in [2.75, 3.05) is 18.2 Å². The molecule has 3 rings (SSSR count). The SMILES string of the molecule is CCOC(=O)C1=C(C)Nc2ccccc2N=C1NC(=O)c1ccc(Cl)c(S(C)(=O)=O)c1. The Morgan fingerprint density at radius 2 is 1.90 bits per heavy atom. The highest BCUT2D eigenvalue weighted by atomic mass is 35.5. The zero-order chi connectivity index (χ0) is 22.8. The van der Waals surface area contributed by atoms with Gasteiger partial charge in [0.25, 0.3) is 5.91 Å². The Morgan fingerprint density at radius 1 is 1.19 bits per heavy atom. The molecule has 0 radical (unpaired) electrons. The second-order valence-corrected chi connectivity index (χ2v) is 9.09. The molecule has 1 aliphatic rings. The van der Waals surface area contributed by atoms with Crippen LogP contribution in [-0.4, -0.2) is 39.0 Å². The summed E-state index contributed by atoms with van der Waals surface area (Å²) in [7, 11) is -3.64. The van der Waals surface area contributed by atoms with Crippen molar-refractivity contribution in [1.82, 2.24) is 5.32 Å². The van der Waals surface area contributed by atoms with Gasteiger partial charge in [-0.1, -0.05) is 23.7 Å². The zero-order valence-electron chi connectivity index (χ0n) is 17.0. The molecule has 8 nitrogen and oxygen atoms in total. The Kier molecular flexibility index (Phi) is 6.47. The molecule has 10 heteroatoms. The lowest BCUT2D eigenvalue weighted by atomic mass is 10.1. The van der Waals surface area contributed by atoms with E-state index in [1.54, 1.807) is 32.0 Å². The van der Waals surface area contributed by atoms with Crippen LogP contribution >= 0.6 is 11.6 Å². The fourth-order valence-corrected chi connectivity index (χ4v) is 4.25. The predicted molar refractivity (Wildman–Crippen MR) is 119 cm³/mol. The second kappa shape index (κ2) is 8.91. The maximum atomic E-state index is 12.9. The summed E-state index contributed by atoms with van der Waals surface area (Å²) in [4.78, 5) is 29.8. The molecule has 31 heavy (non-hydrogen) atoms. The van der Waals surface area contributed by atoms with Crippen LogP contribution < -0.4 is 10.6 Å². The molecule has 1 aliphatic heterocycles. The van der Waals surface area contributed by atoms with Crippen LogP contribution in [-0.2, 0) is 19.4 Å². The van der Waals surface area contributed by atoms with Crippen molar-refractivity contribution in [3.05, 3.63) is 64.3 Å². The van der Waals surface area contributed by atoms with E-state index in [1.807, 2.05) is 6.07 Å². The minimum absolute atomic E-state index is 0.00642. The van der Waals surface area contributed by atoms with Crippen LogP contribution in [0.1, 0.15) is 24.2 Å². The van der Waals surface area contributed by atoms with Crippen molar-refractivity contribution in [3.63, 3.8) is 0 Å². The number of carbonyl (C=O) groups is 2. The predicted octanol–water partition coefficient (Wildman–Crippen LogP) is 3.47. The van der Waals surface area contributed by atoms with E-state index >= 15 is 0 Å². The molecule has 0 atom stereocenters. The molecule has 162 valence electrons.